The Morgan fingerprint density at radius 3 is 1.14 bits per heavy atom. The fourth-order valence-electron chi connectivity index (χ4n) is 16.4. The summed E-state index contributed by atoms with van der Waals surface area (Å²) in [6.07, 6.45) is 1.85. The van der Waals surface area contributed by atoms with Crippen molar-refractivity contribution in [2.24, 2.45) is 0 Å². The zero-order valence-corrected chi connectivity index (χ0v) is 57.3. The van der Waals surface area contributed by atoms with Gasteiger partial charge in [-0.25, -0.2) is 24.9 Å². The van der Waals surface area contributed by atoms with E-state index in [-0.39, 0.29) is 0 Å². The fourth-order valence-corrected chi connectivity index (χ4v) is 16.4. The molecule has 0 fully saturated rings. The summed E-state index contributed by atoms with van der Waals surface area (Å²) in [7, 11) is 0. The second kappa shape index (κ2) is 24.8. The molecular formula is C100H60N6. The van der Waals surface area contributed by atoms with Gasteiger partial charge in [-0.3, -0.25) is 4.98 Å². The minimum Gasteiger partial charge on any atom is -0.254 e. The van der Waals surface area contributed by atoms with Gasteiger partial charge < -0.3 is 0 Å². The summed E-state index contributed by atoms with van der Waals surface area (Å²) in [5.41, 5.74) is 23.1. The van der Waals surface area contributed by atoms with Crippen LogP contribution in [0.1, 0.15) is 0 Å². The molecule has 6 heteroatoms. The molecule has 0 radical (unpaired) electrons. The van der Waals surface area contributed by atoms with Crippen molar-refractivity contribution in [2.75, 3.05) is 0 Å². The van der Waals surface area contributed by atoms with Crippen molar-refractivity contribution in [3.8, 4) is 78.3 Å². The molecule has 16 aromatic carbocycles. The van der Waals surface area contributed by atoms with E-state index in [9.17, 15) is 0 Å². The summed E-state index contributed by atoms with van der Waals surface area (Å²) in [6.45, 7) is 0. The predicted octanol–water partition coefficient (Wildman–Crippen LogP) is 26.4. The van der Waals surface area contributed by atoms with Crippen molar-refractivity contribution in [2.45, 2.75) is 0 Å². The Balaban J connectivity index is 0.000000137. The highest BCUT2D eigenvalue weighted by Gasteiger charge is 2.20. The highest BCUT2D eigenvalue weighted by molar-refractivity contribution is 6.27. The van der Waals surface area contributed by atoms with Gasteiger partial charge in [0.1, 0.15) is 0 Å². The lowest BCUT2D eigenvalue weighted by Crippen LogP contribution is -1.93. The van der Waals surface area contributed by atoms with Gasteiger partial charge in [0.2, 0.25) is 0 Å². The van der Waals surface area contributed by atoms with Crippen molar-refractivity contribution in [1.82, 2.24) is 29.9 Å². The number of hydrogen-bond donors (Lipinski definition) is 0. The molecule has 0 amide bonds. The number of nitrogens with zero attached hydrogens (tertiary/aromatic N) is 6. The summed E-state index contributed by atoms with van der Waals surface area (Å²) >= 11 is 0. The molecule has 0 atom stereocenters. The SMILES string of the molecule is c1ccc(-c2ccc3ccc4c(-c5ccc(-c6c7ccccc7nc7c6ccc6ccc(-c8ccccc8)nc67)cc5)cccc4c3c2)cc1.c1ccc(-c2ccc3ccc4ccc(-c5ccc6c7ccc(-c8c9ccccc9nc9c8ccc8cccnc89)cc7c7ccccc7c6c5)nc4c3n2)cc1. The van der Waals surface area contributed by atoms with Gasteiger partial charge in [-0.1, -0.05) is 303 Å². The zero-order valence-electron chi connectivity index (χ0n) is 57.3. The van der Waals surface area contributed by atoms with Gasteiger partial charge in [-0.2, -0.15) is 0 Å². The topological polar surface area (TPSA) is 77.3 Å². The summed E-state index contributed by atoms with van der Waals surface area (Å²) in [5.74, 6) is 0. The molecule has 0 aliphatic rings. The maximum Gasteiger partial charge on any atom is 0.0978 e. The minimum absolute atomic E-state index is 0.911. The normalized spacial score (nSPS) is 11.8. The third-order valence-electron chi connectivity index (χ3n) is 21.5. The molecule has 22 rings (SSSR count). The highest BCUT2D eigenvalue weighted by atomic mass is 14.8. The van der Waals surface area contributed by atoms with Gasteiger partial charge in [-0.15, -0.1) is 0 Å². The molecule has 0 spiro atoms. The molecule has 6 heterocycles. The summed E-state index contributed by atoms with van der Waals surface area (Å²) < 4.78 is 0. The fraction of sp³-hybridized carbons (Fsp3) is 0. The van der Waals surface area contributed by atoms with E-state index >= 15 is 0 Å². The van der Waals surface area contributed by atoms with Crippen LogP contribution in [0.4, 0.5) is 0 Å². The van der Waals surface area contributed by atoms with Crippen molar-refractivity contribution in [3.05, 3.63) is 364 Å². The van der Waals surface area contributed by atoms with E-state index in [1.807, 2.05) is 24.4 Å². The van der Waals surface area contributed by atoms with Crippen LogP contribution in [0, 0.1) is 0 Å². The number of para-hydroxylation sites is 2. The van der Waals surface area contributed by atoms with Gasteiger partial charge in [-0.05, 0) is 142 Å². The average molecular weight is 1350 g/mol. The van der Waals surface area contributed by atoms with Crippen LogP contribution in [0.25, 0.3) is 219 Å². The minimum atomic E-state index is 0.911. The maximum atomic E-state index is 5.30. The Kier molecular flexibility index (Phi) is 14.2. The number of hydrogen-bond acceptors (Lipinski definition) is 6. The van der Waals surface area contributed by atoms with Gasteiger partial charge in [0.25, 0.3) is 0 Å². The third kappa shape index (κ3) is 10.2. The number of benzene rings is 16. The highest BCUT2D eigenvalue weighted by Crippen LogP contribution is 2.45. The first kappa shape index (κ1) is 60.6. The molecule has 22 aromatic rings. The molecule has 0 N–H and O–H groups in total. The molecule has 0 bridgehead atoms. The molecule has 490 valence electrons. The Bertz CT molecular complexity index is 7350. The van der Waals surface area contributed by atoms with Crippen LogP contribution < -0.4 is 0 Å². The van der Waals surface area contributed by atoms with Crippen LogP contribution in [0.2, 0.25) is 0 Å². The first-order valence-electron chi connectivity index (χ1n) is 36.0. The largest absolute Gasteiger partial charge is 0.254 e. The predicted molar refractivity (Wildman–Crippen MR) is 445 cm³/mol. The van der Waals surface area contributed by atoms with Gasteiger partial charge in [0.05, 0.1) is 61.2 Å². The first-order valence-corrected chi connectivity index (χ1v) is 36.0. The van der Waals surface area contributed by atoms with Crippen LogP contribution in [0.3, 0.4) is 0 Å². The lowest BCUT2D eigenvalue weighted by Gasteiger charge is -2.16. The molecule has 0 aliphatic heterocycles. The van der Waals surface area contributed by atoms with Gasteiger partial charge in [0.15, 0.2) is 0 Å². The molecule has 0 aliphatic carbocycles. The number of aromatic nitrogens is 6. The molecule has 106 heavy (non-hydrogen) atoms. The molecular weight excluding hydrogens is 1290 g/mol. The van der Waals surface area contributed by atoms with E-state index in [1.165, 1.54) is 87.2 Å². The lowest BCUT2D eigenvalue weighted by atomic mass is 9.89. The van der Waals surface area contributed by atoms with Crippen molar-refractivity contribution < 1.29 is 0 Å². The second-order valence-corrected chi connectivity index (χ2v) is 27.5. The summed E-state index contributed by atoms with van der Waals surface area (Å²) in [6, 6.07) is 128. The summed E-state index contributed by atoms with van der Waals surface area (Å²) in [5, 5.41) is 21.1. The summed E-state index contributed by atoms with van der Waals surface area (Å²) in [4.78, 5) is 30.8. The van der Waals surface area contributed by atoms with Crippen LogP contribution in [-0.2, 0) is 0 Å². The van der Waals surface area contributed by atoms with Crippen LogP contribution in [0.15, 0.2) is 364 Å². The standard InChI is InChI=1S/C52H30N4.C48H30N2/c1-2-9-31(10-3-1)45-26-21-33-16-17-34-22-27-46(55-51(34)50(33)54-45)35-19-23-39-40-24-20-36(30-44(40)38-13-5-4-12-37(38)43(39)29-35)48-41-14-6-7-15-47(41)56-52-42(48)25-18-32-11-8-28-53-49(32)52;1-3-10-31(11-4-1)37-23-20-33-24-27-40-38(15-9-16-39(40)43(33)30-37)32-18-21-35(22-19-32)46-41-14-7-8-17-45(41)50-48-42(46)28-25-36-26-29-44(49-47(36)48)34-12-5-2-6-13-34/h1-30H;1-30H. The Morgan fingerprint density at radius 2 is 0.538 bits per heavy atom. The Hall–Kier alpha value is -14.2. The van der Waals surface area contributed by atoms with E-state index in [4.69, 9.17) is 29.9 Å². The first-order chi connectivity index (χ1) is 52.5. The number of rotatable bonds is 7. The van der Waals surface area contributed by atoms with Gasteiger partial charge >= 0.3 is 0 Å². The molecule has 6 nitrogen and oxygen atoms in total. The number of pyridine rings is 6. The molecule has 0 unspecified atom stereocenters. The van der Waals surface area contributed by atoms with E-state index in [2.05, 4.69) is 340 Å². The van der Waals surface area contributed by atoms with Crippen molar-refractivity contribution >= 4 is 141 Å². The quantitative estimate of drug-likeness (QED) is 0.117. The zero-order chi connectivity index (χ0) is 69.8. The van der Waals surface area contributed by atoms with E-state index in [0.717, 1.165) is 132 Å². The lowest BCUT2D eigenvalue weighted by molar-refractivity contribution is 1.37. The number of fused-ring (bicyclic) bond motifs is 20. The Labute approximate surface area is 609 Å². The van der Waals surface area contributed by atoms with Crippen molar-refractivity contribution in [3.63, 3.8) is 0 Å². The monoisotopic (exact) mass is 1340 g/mol. The molecule has 0 saturated heterocycles. The van der Waals surface area contributed by atoms with E-state index in [1.54, 1.807) is 0 Å². The van der Waals surface area contributed by atoms with Crippen LogP contribution >= 0.6 is 0 Å². The average Bonchev–Trinajstić information content (AvgIpc) is 0.732. The maximum absolute atomic E-state index is 5.30. The third-order valence-corrected chi connectivity index (χ3v) is 21.5. The van der Waals surface area contributed by atoms with E-state index < -0.39 is 0 Å². The van der Waals surface area contributed by atoms with Crippen molar-refractivity contribution in [1.29, 1.82) is 0 Å². The molecule has 6 aromatic heterocycles. The van der Waals surface area contributed by atoms with E-state index in [0.29, 0.717) is 0 Å². The van der Waals surface area contributed by atoms with Gasteiger partial charge in [0, 0.05) is 77.1 Å². The Morgan fingerprint density at radius 1 is 0.160 bits per heavy atom. The van der Waals surface area contributed by atoms with Crippen LogP contribution in [-0.4, -0.2) is 29.9 Å². The molecule has 0 saturated carbocycles. The second-order valence-electron chi connectivity index (χ2n) is 27.5. The smallest absolute Gasteiger partial charge is 0.0978 e. The van der Waals surface area contributed by atoms with Crippen LogP contribution in [0.5, 0.6) is 0 Å².